The molecule has 2 aromatic carbocycles. The van der Waals surface area contributed by atoms with Gasteiger partial charge in [0.2, 0.25) is 0 Å². The molecule has 0 amide bonds. The second-order valence-corrected chi connectivity index (χ2v) is 10.7. The van der Waals surface area contributed by atoms with E-state index in [0.717, 1.165) is 28.5 Å². The maximum atomic E-state index is 2.27. The molecule has 0 aliphatic heterocycles. The molecule has 2 aromatic rings. The maximum absolute atomic E-state index is 2.27. The van der Waals surface area contributed by atoms with Gasteiger partial charge in [-0.1, -0.05) is 38.5 Å². The summed E-state index contributed by atoms with van der Waals surface area (Å²) in [5.41, 5.74) is 2.03. The van der Waals surface area contributed by atoms with E-state index in [2.05, 4.69) is 48.5 Å². The fourth-order valence-electron chi connectivity index (χ4n) is 3.91. The van der Waals surface area contributed by atoms with Crippen LogP contribution in [0.4, 0.5) is 0 Å². The van der Waals surface area contributed by atoms with E-state index >= 15 is 0 Å². The molecule has 0 spiro atoms. The van der Waals surface area contributed by atoms with Crippen molar-refractivity contribution in [2.75, 3.05) is 0 Å². The summed E-state index contributed by atoms with van der Waals surface area (Å²) in [6.45, 7) is 0. The third kappa shape index (κ3) is 8.10. The minimum atomic E-state index is 0. The summed E-state index contributed by atoms with van der Waals surface area (Å²) in [4.78, 5) is 0. The molecule has 2 unspecified atom stereocenters. The Labute approximate surface area is 168 Å². The Morgan fingerprint density at radius 1 is 0.520 bits per heavy atom. The van der Waals surface area contributed by atoms with Crippen LogP contribution in [0, 0.1) is 0 Å². The Balaban J connectivity index is 0.000000173. The normalized spacial score (nSPS) is 19.8. The second kappa shape index (κ2) is 12.5. The third-order valence-electron chi connectivity index (χ3n) is 5.28. The fraction of sp³-hybridized carbons (Fsp3) is 0.545. The summed E-state index contributed by atoms with van der Waals surface area (Å²) in [6, 6.07) is 17.7. The second-order valence-electron chi connectivity index (χ2n) is 7.31. The Hall–Kier alpha value is 0.0795. The number of rotatable bonds is 4. The van der Waals surface area contributed by atoms with Crippen LogP contribution in [0.15, 0.2) is 48.5 Å². The zero-order valence-corrected chi connectivity index (χ0v) is 18.3. The van der Waals surface area contributed by atoms with E-state index in [1.807, 2.05) is 0 Å². The minimum absolute atomic E-state index is 0. The molecule has 0 bridgehead atoms. The molecule has 2 aliphatic rings. The van der Waals surface area contributed by atoms with Gasteiger partial charge in [-0.3, -0.25) is 0 Å². The standard InChI is InChI=1S/2C11H16P.Fe/c2*1-2-6-10(7-3-1)12-11-8-4-5-9-11;/h2*4-5,8-10,12H,1-3,6-7H2;/q2*-1;+2. The Morgan fingerprint density at radius 3 is 1.16 bits per heavy atom. The summed E-state index contributed by atoms with van der Waals surface area (Å²) in [5.74, 6) is 0. The van der Waals surface area contributed by atoms with Crippen molar-refractivity contribution in [3.63, 3.8) is 0 Å². The van der Waals surface area contributed by atoms with Crippen LogP contribution >= 0.6 is 17.2 Å². The molecule has 138 valence electrons. The molecule has 4 rings (SSSR count). The van der Waals surface area contributed by atoms with Gasteiger partial charge in [0.25, 0.3) is 0 Å². The van der Waals surface area contributed by atoms with Gasteiger partial charge in [0.15, 0.2) is 0 Å². The van der Waals surface area contributed by atoms with Crippen molar-refractivity contribution in [3.8, 4) is 0 Å². The van der Waals surface area contributed by atoms with Crippen molar-refractivity contribution in [2.45, 2.75) is 75.5 Å². The summed E-state index contributed by atoms with van der Waals surface area (Å²) >= 11 is 0. The van der Waals surface area contributed by atoms with Crippen molar-refractivity contribution in [3.05, 3.63) is 48.5 Å². The van der Waals surface area contributed by atoms with Gasteiger partial charge in [-0.25, -0.2) is 24.3 Å². The maximum Gasteiger partial charge on any atom is 2.00 e. The molecule has 0 radical (unpaired) electrons. The van der Waals surface area contributed by atoms with Gasteiger partial charge < -0.3 is 0 Å². The Kier molecular flexibility index (Phi) is 10.7. The van der Waals surface area contributed by atoms with E-state index < -0.39 is 0 Å². The van der Waals surface area contributed by atoms with Gasteiger partial charge in [-0.2, -0.15) is 24.3 Å². The fourth-order valence-corrected chi connectivity index (χ4v) is 7.01. The average molecular weight is 414 g/mol. The van der Waals surface area contributed by atoms with Crippen LogP contribution in [0.2, 0.25) is 0 Å². The van der Waals surface area contributed by atoms with Crippen LogP contribution in [0.25, 0.3) is 0 Å². The Morgan fingerprint density at radius 2 is 0.840 bits per heavy atom. The molecule has 0 N–H and O–H groups in total. The third-order valence-corrected chi connectivity index (χ3v) is 8.58. The van der Waals surface area contributed by atoms with Gasteiger partial charge in [0, 0.05) is 0 Å². The number of hydrogen-bond acceptors (Lipinski definition) is 0. The van der Waals surface area contributed by atoms with Crippen LogP contribution in [0.1, 0.15) is 64.2 Å². The van der Waals surface area contributed by atoms with Gasteiger partial charge in [0.05, 0.1) is 0 Å². The summed E-state index contributed by atoms with van der Waals surface area (Å²) in [5, 5.41) is 3.14. The van der Waals surface area contributed by atoms with Crippen molar-refractivity contribution in [1.82, 2.24) is 0 Å². The quantitative estimate of drug-likeness (QED) is 0.323. The van der Waals surface area contributed by atoms with E-state index in [1.54, 1.807) is 10.6 Å². The van der Waals surface area contributed by atoms with Crippen LogP contribution in [0.5, 0.6) is 0 Å². The molecule has 0 aromatic heterocycles. The molecule has 3 heteroatoms. The first-order valence-electron chi connectivity index (χ1n) is 9.87. The smallest absolute Gasteiger partial charge is 0.213 e. The SMILES string of the molecule is [Fe+2].c1cc[c-](PC2CCCCC2)c1.c1cc[c-](PC2CCCCC2)c1. The Bertz CT molecular complexity index is 470. The molecular weight excluding hydrogens is 382 g/mol. The predicted octanol–water partition coefficient (Wildman–Crippen LogP) is 6.08. The summed E-state index contributed by atoms with van der Waals surface area (Å²) in [7, 11) is 2.16. The average Bonchev–Trinajstić information content (AvgIpc) is 3.32. The number of hydrogen-bond donors (Lipinski definition) is 0. The van der Waals surface area contributed by atoms with E-state index in [-0.39, 0.29) is 17.1 Å². The van der Waals surface area contributed by atoms with Crippen molar-refractivity contribution >= 4 is 27.8 Å². The van der Waals surface area contributed by atoms with Gasteiger partial charge >= 0.3 is 17.1 Å². The topological polar surface area (TPSA) is 0 Å². The van der Waals surface area contributed by atoms with Crippen LogP contribution in [-0.2, 0) is 17.1 Å². The van der Waals surface area contributed by atoms with E-state index in [4.69, 9.17) is 0 Å². The van der Waals surface area contributed by atoms with E-state index in [1.165, 1.54) is 64.2 Å². The first-order valence-corrected chi connectivity index (χ1v) is 12.0. The molecule has 25 heavy (non-hydrogen) atoms. The van der Waals surface area contributed by atoms with Crippen LogP contribution in [0.3, 0.4) is 0 Å². The van der Waals surface area contributed by atoms with Crippen molar-refractivity contribution in [2.24, 2.45) is 0 Å². The van der Waals surface area contributed by atoms with Gasteiger partial charge in [-0.05, 0) is 37.0 Å². The molecule has 2 aliphatic carbocycles. The predicted molar refractivity (Wildman–Crippen MR) is 114 cm³/mol. The van der Waals surface area contributed by atoms with E-state index in [0.29, 0.717) is 0 Å². The monoisotopic (exact) mass is 414 g/mol. The minimum Gasteiger partial charge on any atom is -0.213 e. The molecule has 2 fully saturated rings. The first kappa shape index (κ1) is 21.4. The van der Waals surface area contributed by atoms with E-state index in [9.17, 15) is 0 Å². The summed E-state index contributed by atoms with van der Waals surface area (Å²) in [6.07, 6.45) is 14.7. The van der Waals surface area contributed by atoms with Crippen LogP contribution in [-0.4, -0.2) is 11.3 Å². The zero-order valence-electron chi connectivity index (χ0n) is 15.2. The largest absolute Gasteiger partial charge is 2.00 e. The van der Waals surface area contributed by atoms with Gasteiger partial charge in [-0.15, -0.1) is 27.8 Å². The molecule has 0 nitrogen and oxygen atoms in total. The zero-order chi connectivity index (χ0) is 16.5. The molecular formula is C22H32FeP2. The first-order chi connectivity index (χ1) is 11.9. The molecule has 2 saturated carbocycles. The van der Waals surface area contributed by atoms with Crippen LogP contribution < -0.4 is 10.6 Å². The van der Waals surface area contributed by atoms with Crippen molar-refractivity contribution < 1.29 is 17.1 Å². The molecule has 2 atom stereocenters. The molecule has 0 heterocycles. The van der Waals surface area contributed by atoms with Gasteiger partial charge in [0.1, 0.15) is 0 Å². The summed E-state index contributed by atoms with van der Waals surface area (Å²) < 4.78 is 0. The molecule has 0 saturated heterocycles. The van der Waals surface area contributed by atoms with Crippen molar-refractivity contribution in [1.29, 1.82) is 0 Å².